The lowest BCUT2D eigenvalue weighted by atomic mass is 10.0. The minimum absolute atomic E-state index is 0.0324. The molecule has 0 amide bonds. The monoisotopic (exact) mass is 144 g/mol. The maximum Gasteiger partial charge on any atom is 0.163 e. The maximum absolute atomic E-state index is 5.33. The van der Waals surface area contributed by atoms with Crippen LogP contribution in [0.15, 0.2) is 0 Å². The van der Waals surface area contributed by atoms with Crippen LogP contribution in [0.3, 0.4) is 0 Å². The first-order chi connectivity index (χ1) is 4.92. The van der Waals surface area contributed by atoms with Gasteiger partial charge in [-0.15, -0.1) is 0 Å². The molecule has 0 aromatic heterocycles. The van der Waals surface area contributed by atoms with Crippen LogP contribution in [0.4, 0.5) is 0 Å². The largest absolute Gasteiger partial charge is 0.379 e. The van der Waals surface area contributed by atoms with Crippen LogP contribution in [-0.4, -0.2) is 32.7 Å². The summed E-state index contributed by atoms with van der Waals surface area (Å²) in [5.74, 6) is 0.491. The van der Waals surface area contributed by atoms with E-state index in [4.69, 9.17) is 14.2 Å². The normalized spacial score (nSPS) is 45.9. The van der Waals surface area contributed by atoms with Crippen LogP contribution < -0.4 is 0 Å². The van der Waals surface area contributed by atoms with Gasteiger partial charge in [0.25, 0.3) is 0 Å². The Balaban J connectivity index is 2.01. The average Bonchev–Trinajstić information content (AvgIpc) is 2.44. The van der Waals surface area contributed by atoms with Gasteiger partial charge >= 0.3 is 0 Å². The van der Waals surface area contributed by atoms with Gasteiger partial charge in [0.15, 0.2) is 6.29 Å². The second-order valence-electron chi connectivity index (χ2n) is 2.80. The third-order valence-corrected chi connectivity index (χ3v) is 2.29. The van der Waals surface area contributed by atoms with Gasteiger partial charge in [0.05, 0.1) is 19.3 Å². The second-order valence-corrected chi connectivity index (χ2v) is 2.80. The number of fused-ring (bicyclic) bond motifs is 1. The van der Waals surface area contributed by atoms with Gasteiger partial charge in [-0.1, -0.05) is 0 Å². The summed E-state index contributed by atoms with van der Waals surface area (Å²) in [4.78, 5) is 0. The summed E-state index contributed by atoms with van der Waals surface area (Å²) in [5.41, 5.74) is 0. The highest BCUT2D eigenvalue weighted by Gasteiger charge is 2.41. The molecule has 0 saturated carbocycles. The van der Waals surface area contributed by atoms with E-state index >= 15 is 0 Å². The first-order valence-electron chi connectivity index (χ1n) is 3.68. The van der Waals surface area contributed by atoms with Gasteiger partial charge in [0.1, 0.15) is 0 Å². The average molecular weight is 144 g/mol. The van der Waals surface area contributed by atoms with E-state index in [1.807, 2.05) is 0 Å². The molecule has 0 N–H and O–H groups in total. The van der Waals surface area contributed by atoms with Crippen molar-refractivity contribution in [2.24, 2.45) is 5.92 Å². The third-order valence-electron chi connectivity index (χ3n) is 2.29. The zero-order valence-electron chi connectivity index (χ0n) is 6.08. The number of ether oxygens (including phenoxy) is 3. The molecule has 10 heavy (non-hydrogen) atoms. The number of hydrogen-bond donors (Lipinski definition) is 0. The Morgan fingerprint density at radius 1 is 1.40 bits per heavy atom. The summed E-state index contributed by atoms with van der Waals surface area (Å²) >= 11 is 0. The molecule has 0 aromatic rings. The quantitative estimate of drug-likeness (QED) is 0.533. The summed E-state index contributed by atoms with van der Waals surface area (Å²) in [6, 6.07) is 0. The molecule has 2 heterocycles. The Kier molecular flexibility index (Phi) is 1.64. The van der Waals surface area contributed by atoms with Crippen LogP contribution in [0, 0.1) is 5.92 Å². The SMILES string of the molecule is CO[C@@H]1CO[C@@H]2OCC[C@@H]21. The molecule has 0 spiro atoms. The van der Waals surface area contributed by atoms with Gasteiger partial charge in [-0.05, 0) is 6.42 Å². The Morgan fingerprint density at radius 3 is 3.10 bits per heavy atom. The van der Waals surface area contributed by atoms with Crippen LogP contribution in [0.25, 0.3) is 0 Å². The van der Waals surface area contributed by atoms with Gasteiger partial charge in [0.2, 0.25) is 0 Å². The minimum atomic E-state index is 0.0324. The number of rotatable bonds is 1. The standard InChI is InChI=1S/C7H12O3/c1-8-6-4-10-7-5(6)2-3-9-7/h5-7H,2-4H2,1H3/t5-,6-,7+/m1/s1. The van der Waals surface area contributed by atoms with Gasteiger partial charge < -0.3 is 14.2 Å². The number of hydrogen-bond acceptors (Lipinski definition) is 3. The first-order valence-corrected chi connectivity index (χ1v) is 3.68. The summed E-state index contributed by atoms with van der Waals surface area (Å²) < 4.78 is 15.9. The van der Waals surface area contributed by atoms with Crippen molar-refractivity contribution in [3.63, 3.8) is 0 Å². The second kappa shape index (κ2) is 2.49. The Bertz CT molecular complexity index is 126. The van der Waals surface area contributed by atoms with Crippen LogP contribution >= 0.6 is 0 Å². The molecule has 2 saturated heterocycles. The summed E-state index contributed by atoms with van der Waals surface area (Å²) in [7, 11) is 1.73. The molecular formula is C7H12O3. The van der Waals surface area contributed by atoms with Crippen LogP contribution in [0.5, 0.6) is 0 Å². The highest BCUT2D eigenvalue weighted by atomic mass is 16.7. The Labute approximate surface area is 60.3 Å². The van der Waals surface area contributed by atoms with E-state index in [0.29, 0.717) is 12.5 Å². The van der Waals surface area contributed by atoms with Crippen molar-refractivity contribution in [2.75, 3.05) is 20.3 Å². The highest BCUT2D eigenvalue weighted by Crippen LogP contribution is 2.32. The Hall–Kier alpha value is -0.120. The zero-order valence-corrected chi connectivity index (χ0v) is 6.08. The van der Waals surface area contributed by atoms with Crippen LogP contribution in [-0.2, 0) is 14.2 Å². The predicted octanol–water partition coefficient (Wildman–Crippen LogP) is 0.394. The molecule has 0 bridgehead atoms. The lowest BCUT2D eigenvalue weighted by molar-refractivity contribution is -0.0907. The van der Waals surface area contributed by atoms with Crippen molar-refractivity contribution in [3.8, 4) is 0 Å². The van der Waals surface area contributed by atoms with Crippen LogP contribution in [0.1, 0.15) is 6.42 Å². The third kappa shape index (κ3) is 0.856. The van der Waals surface area contributed by atoms with Gasteiger partial charge in [-0.2, -0.15) is 0 Å². The summed E-state index contributed by atoms with van der Waals surface area (Å²) in [5, 5.41) is 0. The van der Waals surface area contributed by atoms with Crippen molar-refractivity contribution in [1.29, 1.82) is 0 Å². The fraction of sp³-hybridized carbons (Fsp3) is 1.00. The van der Waals surface area contributed by atoms with Gasteiger partial charge in [0, 0.05) is 13.0 Å². The van der Waals surface area contributed by atoms with E-state index in [-0.39, 0.29) is 12.4 Å². The molecule has 58 valence electrons. The number of methoxy groups -OCH3 is 1. The molecule has 3 nitrogen and oxygen atoms in total. The molecule has 0 aliphatic carbocycles. The molecule has 3 heteroatoms. The van der Waals surface area contributed by atoms with E-state index in [1.54, 1.807) is 7.11 Å². The summed E-state index contributed by atoms with van der Waals surface area (Å²) in [6.45, 7) is 1.53. The zero-order chi connectivity index (χ0) is 6.97. The van der Waals surface area contributed by atoms with E-state index < -0.39 is 0 Å². The minimum Gasteiger partial charge on any atom is -0.379 e. The molecule has 0 aromatic carbocycles. The molecule has 3 atom stereocenters. The topological polar surface area (TPSA) is 27.7 Å². The van der Waals surface area contributed by atoms with E-state index in [9.17, 15) is 0 Å². The molecule has 2 rings (SSSR count). The van der Waals surface area contributed by atoms with Gasteiger partial charge in [-0.3, -0.25) is 0 Å². The van der Waals surface area contributed by atoms with E-state index in [0.717, 1.165) is 13.0 Å². The molecule has 2 aliphatic rings. The van der Waals surface area contributed by atoms with Crippen molar-refractivity contribution in [3.05, 3.63) is 0 Å². The fourth-order valence-electron chi connectivity index (χ4n) is 1.67. The molecule has 0 unspecified atom stereocenters. The molecule has 0 radical (unpaired) electrons. The summed E-state index contributed by atoms with van der Waals surface area (Å²) in [6.07, 6.45) is 1.39. The van der Waals surface area contributed by atoms with Crippen molar-refractivity contribution < 1.29 is 14.2 Å². The van der Waals surface area contributed by atoms with E-state index in [2.05, 4.69) is 0 Å². The van der Waals surface area contributed by atoms with Crippen molar-refractivity contribution >= 4 is 0 Å². The van der Waals surface area contributed by atoms with Gasteiger partial charge in [-0.25, -0.2) is 0 Å². The Morgan fingerprint density at radius 2 is 2.30 bits per heavy atom. The van der Waals surface area contributed by atoms with E-state index in [1.165, 1.54) is 0 Å². The fourth-order valence-corrected chi connectivity index (χ4v) is 1.67. The molecule has 2 aliphatic heterocycles. The molecular weight excluding hydrogens is 132 g/mol. The van der Waals surface area contributed by atoms with Crippen LogP contribution in [0.2, 0.25) is 0 Å². The predicted molar refractivity (Wildman–Crippen MR) is 34.6 cm³/mol. The lowest BCUT2D eigenvalue weighted by Crippen LogP contribution is -2.21. The van der Waals surface area contributed by atoms with Crippen molar-refractivity contribution in [2.45, 2.75) is 18.8 Å². The highest BCUT2D eigenvalue weighted by molar-refractivity contribution is 4.83. The van der Waals surface area contributed by atoms with Crippen molar-refractivity contribution in [1.82, 2.24) is 0 Å². The maximum atomic E-state index is 5.33. The molecule has 2 fully saturated rings. The smallest absolute Gasteiger partial charge is 0.163 e. The lowest BCUT2D eigenvalue weighted by Gasteiger charge is -2.11. The first kappa shape index (κ1) is 6.58.